The van der Waals surface area contributed by atoms with Crippen LogP contribution in [-0.4, -0.2) is 20.4 Å². The molecular formula is C17H18Cl2N2O3S. The first kappa shape index (κ1) is 19.7. The van der Waals surface area contributed by atoms with Gasteiger partial charge in [0.25, 0.3) is 0 Å². The van der Waals surface area contributed by atoms with Gasteiger partial charge in [-0.3, -0.25) is 4.79 Å². The molecule has 1 amide bonds. The van der Waals surface area contributed by atoms with Gasteiger partial charge < -0.3 is 5.32 Å². The molecule has 2 aromatic carbocycles. The van der Waals surface area contributed by atoms with Crippen LogP contribution in [0, 0.1) is 6.92 Å². The Morgan fingerprint density at radius 2 is 1.76 bits per heavy atom. The van der Waals surface area contributed by atoms with E-state index in [-0.39, 0.29) is 14.9 Å². The number of aryl methyl sites for hydroxylation is 1. The first-order chi connectivity index (χ1) is 11.7. The highest BCUT2D eigenvalue weighted by Crippen LogP contribution is 2.24. The number of hydrogen-bond acceptors (Lipinski definition) is 3. The fraction of sp³-hybridized carbons (Fsp3) is 0.235. The number of sulfonamides is 1. The third-order valence-electron chi connectivity index (χ3n) is 3.50. The number of carbonyl (C=O) groups is 1. The predicted octanol–water partition coefficient (Wildman–Crippen LogP) is 3.29. The van der Waals surface area contributed by atoms with Crippen molar-refractivity contribution >= 4 is 39.1 Å². The minimum absolute atomic E-state index is 0.0316. The largest absolute Gasteiger partial charge is 0.351 e. The highest BCUT2D eigenvalue weighted by molar-refractivity contribution is 7.89. The van der Waals surface area contributed by atoms with Crippen LogP contribution in [0.4, 0.5) is 0 Å². The SMILES string of the molecule is Cc1ccc(CNC(=O)C(C)NS(=O)(=O)c2cc(Cl)ccc2Cl)cc1. The second-order valence-electron chi connectivity index (χ2n) is 5.62. The van der Waals surface area contributed by atoms with E-state index in [0.29, 0.717) is 6.54 Å². The Balaban J connectivity index is 2.02. The van der Waals surface area contributed by atoms with Crippen LogP contribution in [0.25, 0.3) is 0 Å². The molecule has 0 saturated carbocycles. The van der Waals surface area contributed by atoms with Gasteiger partial charge in [-0.05, 0) is 37.6 Å². The van der Waals surface area contributed by atoms with Crippen LogP contribution >= 0.6 is 23.2 Å². The standard InChI is InChI=1S/C17H18Cl2N2O3S/c1-11-3-5-13(6-4-11)10-20-17(22)12(2)21-25(23,24)16-9-14(18)7-8-15(16)19/h3-9,12,21H,10H2,1-2H3,(H,20,22). The van der Waals surface area contributed by atoms with Crippen LogP contribution in [0.2, 0.25) is 10.0 Å². The molecule has 134 valence electrons. The van der Waals surface area contributed by atoms with Crippen molar-refractivity contribution < 1.29 is 13.2 Å². The van der Waals surface area contributed by atoms with Crippen molar-refractivity contribution in [1.82, 2.24) is 10.0 Å². The molecule has 2 rings (SSSR count). The molecule has 0 aliphatic carbocycles. The molecule has 0 fully saturated rings. The fourth-order valence-corrected chi connectivity index (χ4v) is 4.05. The van der Waals surface area contributed by atoms with E-state index in [4.69, 9.17) is 23.2 Å². The average molecular weight is 401 g/mol. The summed E-state index contributed by atoms with van der Waals surface area (Å²) in [4.78, 5) is 12.0. The van der Waals surface area contributed by atoms with E-state index in [9.17, 15) is 13.2 Å². The second-order valence-corrected chi connectivity index (χ2v) is 8.15. The van der Waals surface area contributed by atoms with Crippen LogP contribution in [-0.2, 0) is 21.4 Å². The Morgan fingerprint density at radius 1 is 1.12 bits per heavy atom. The maximum absolute atomic E-state index is 12.4. The van der Waals surface area contributed by atoms with Crippen molar-refractivity contribution in [3.8, 4) is 0 Å². The lowest BCUT2D eigenvalue weighted by molar-refractivity contribution is -0.122. The van der Waals surface area contributed by atoms with E-state index in [0.717, 1.165) is 11.1 Å². The van der Waals surface area contributed by atoms with Crippen molar-refractivity contribution in [1.29, 1.82) is 0 Å². The van der Waals surface area contributed by atoms with Gasteiger partial charge in [-0.2, -0.15) is 4.72 Å². The molecule has 0 bridgehead atoms. The molecule has 2 aromatic rings. The number of halogens is 2. The highest BCUT2D eigenvalue weighted by Gasteiger charge is 2.24. The summed E-state index contributed by atoms with van der Waals surface area (Å²) in [6.07, 6.45) is 0. The Kier molecular flexibility index (Phi) is 6.46. The summed E-state index contributed by atoms with van der Waals surface area (Å²) in [5, 5.41) is 2.96. The average Bonchev–Trinajstić information content (AvgIpc) is 2.55. The predicted molar refractivity (Wildman–Crippen MR) is 99.3 cm³/mol. The summed E-state index contributed by atoms with van der Waals surface area (Å²) < 4.78 is 27.1. The zero-order valence-corrected chi connectivity index (χ0v) is 16.0. The monoisotopic (exact) mass is 400 g/mol. The number of nitrogens with one attached hydrogen (secondary N) is 2. The zero-order valence-electron chi connectivity index (χ0n) is 13.7. The van der Waals surface area contributed by atoms with Gasteiger partial charge in [-0.25, -0.2) is 8.42 Å². The molecular weight excluding hydrogens is 383 g/mol. The molecule has 2 N–H and O–H groups in total. The minimum atomic E-state index is -3.97. The molecule has 0 spiro atoms. The van der Waals surface area contributed by atoms with Crippen LogP contribution in [0.3, 0.4) is 0 Å². The van der Waals surface area contributed by atoms with Gasteiger partial charge in [-0.1, -0.05) is 53.0 Å². The maximum atomic E-state index is 12.4. The van der Waals surface area contributed by atoms with E-state index < -0.39 is 22.0 Å². The minimum Gasteiger partial charge on any atom is -0.351 e. The van der Waals surface area contributed by atoms with Crippen LogP contribution < -0.4 is 10.0 Å². The maximum Gasteiger partial charge on any atom is 0.242 e. The lowest BCUT2D eigenvalue weighted by Gasteiger charge is -2.15. The molecule has 0 radical (unpaired) electrons. The zero-order chi connectivity index (χ0) is 18.6. The Hall–Kier alpha value is -1.60. The summed E-state index contributed by atoms with van der Waals surface area (Å²) in [7, 11) is -3.97. The van der Waals surface area contributed by atoms with Gasteiger partial charge in [-0.15, -0.1) is 0 Å². The van der Waals surface area contributed by atoms with E-state index >= 15 is 0 Å². The fourth-order valence-electron chi connectivity index (χ4n) is 2.08. The van der Waals surface area contributed by atoms with Crippen molar-refractivity contribution in [2.75, 3.05) is 0 Å². The number of benzene rings is 2. The molecule has 0 aliphatic rings. The molecule has 0 heterocycles. The van der Waals surface area contributed by atoms with Gasteiger partial charge in [0.1, 0.15) is 4.90 Å². The summed E-state index contributed by atoms with van der Waals surface area (Å²) in [6, 6.07) is 10.8. The van der Waals surface area contributed by atoms with Crippen LogP contribution in [0.5, 0.6) is 0 Å². The molecule has 1 unspecified atom stereocenters. The third-order valence-corrected chi connectivity index (χ3v) is 5.75. The number of hydrogen-bond donors (Lipinski definition) is 2. The molecule has 25 heavy (non-hydrogen) atoms. The Bertz CT molecular complexity index is 868. The summed E-state index contributed by atoms with van der Waals surface area (Å²) in [6.45, 7) is 3.74. The molecule has 0 aliphatic heterocycles. The van der Waals surface area contributed by atoms with Gasteiger partial charge in [0.15, 0.2) is 0 Å². The number of rotatable bonds is 6. The Morgan fingerprint density at radius 3 is 2.40 bits per heavy atom. The number of carbonyl (C=O) groups excluding carboxylic acids is 1. The smallest absolute Gasteiger partial charge is 0.242 e. The van der Waals surface area contributed by atoms with Gasteiger partial charge >= 0.3 is 0 Å². The third kappa shape index (κ3) is 5.44. The summed E-state index contributed by atoms with van der Waals surface area (Å²) in [5.74, 6) is -0.442. The van der Waals surface area contributed by atoms with Crippen molar-refractivity contribution in [3.05, 3.63) is 63.6 Å². The molecule has 0 saturated heterocycles. The first-order valence-corrected chi connectivity index (χ1v) is 9.73. The second kappa shape index (κ2) is 8.19. The van der Waals surface area contributed by atoms with E-state index in [1.54, 1.807) is 0 Å². The van der Waals surface area contributed by atoms with Crippen molar-refractivity contribution in [3.63, 3.8) is 0 Å². The number of amides is 1. The Labute approximate surface area is 157 Å². The van der Waals surface area contributed by atoms with Gasteiger partial charge in [0.2, 0.25) is 15.9 Å². The summed E-state index contributed by atoms with van der Waals surface area (Å²) in [5.41, 5.74) is 2.04. The van der Waals surface area contributed by atoms with Gasteiger partial charge in [0, 0.05) is 11.6 Å². The van der Waals surface area contributed by atoms with E-state index in [2.05, 4.69) is 10.0 Å². The van der Waals surface area contributed by atoms with Crippen LogP contribution in [0.15, 0.2) is 47.4 Å². The molecule has 1 atom stereocenters. The molecule has 0 aromatic heterocycles. The molecule has 8 heteroatoms. The lowest BCUT2D eigenvalue weighted by Crippen LogP contribution is -2.44. The lowest BCUT2D eigenvalue weighted by atomic mass is 10.1. The quantitative estimate of drug-likeness (QED) is 0.780. The van der Waals surface area contributed by atoms with E-state index in [1.807, 2.05) is 31.2 Å². The normalized spacial score (nSPS) is 12.6. The van der Waals surface area contributed by atoms with Gasteiger partial charge in [0.05, 0.1) is 11.1 Å². The summed E-state index contributed by atoms with van der Waals surface area (Å²) >= 11 is 11.7. The van der Waals surface area contributed by atoms with Crippen molar-refractivity contribution in [2.24, 2.45) is 0 Å². The topological polar surface area (TPSA) is 75.3 Å². The van der Waals surface area contributed by atoms with Crippen LogP contribution in [0.1, 0.15) is 18.1 Å². The highest BCUT2D eigenvalue weighted by atomic mass is 35.5. The van der Waals surface area contributed by atoms with Crippen molar-refractivity contribution in [2.45, 2.75) is 31.3 Å². The first-order valence-electron chi connectivity index (χ1n) is 7.49. The van der Waals surface area contributed by atoms with E-state index in [1.165, 1.54) is 25.1 Å². The molecule has 5 nitrogen and oxygen atoms in total.